The maximum atomic E-state index is 13.2. The summed E-state index contributed by atoms with van der Waals surface area (Å²) in [6.07, 6.45) is 1.12. The van der Waals surface area contributed by atoms with Crippen molar-refractivity contribution in [1.82, 2.24) is 15.0 Å². The molecule has 7 nitrogen and oxygen atoms in total. The van der Waals surface area contributed by atoms with Gasteiger partial charge in [0.15, 0.2) is 5.69 Å². The molecule has 0 saturated heterocycles. The van der Waals surface area contributed by atoms with Crippen LogP contribution in [0.4, 0.5) is 10.1 Å². The number of carboxylic acid groups (broad SMARTS) is 1. The molecule has 0 fully saturated rings. The number of benzene rings is 1. The van der Waals surface area contributed by atoms with Gasteiger partial charge in [-0.3, -0.25) is 4.79 Å². The molecule has 0 spiro atoms. The lowest BCUT2D eigenvalue weighted by Crippen LogP contribution is -2.19. The van der Waals surface area contributed by atoms with Crippen molar-refractivity contribution in [2.45, 2.75) is 6.54 Å². The molecule has 0 radical (unpaired) electrons. The lowest BCUT2D eigenvalue weighted by Gasteiger charge is -2.05. The van der Waals surface area contributed by atoms with E-state index in [0.717, 1.165) is 16.9 Å². The second kappa shape index (κ2) is 5.66. The summed E-state index contributed by atoms with van der Waals surface area (Å²) < 4.78 is 14.2. The number of nitrogens with zero attached hydrogens (tertiary/aromatic N) is 3. The second-order valence-electron chi connectivity index (χ2n) is 3.78. The Bertz CT molecular complexity index is 673. The maximum Gasteiger partial charge on any atom is 0.358 e. The van der Waals surface area contributed by atoms with Crippen molar-refractivity contribution >= 4 is 29.2 Å². The molecule has 0 aliphatic rings. The normalized spacial score (nSPS) is 10.3. The third-order valence-electron chi connectivity index (χ3n) is 2.27. The summed E-state index contributed by atoms with van der Waals surface area (Å²) in [6, 6.07) is 3.82. The number of hydrogen-bond acceptors (Lipinski definition) is 4. The van der Waals surface area contributed by atoms with E-state index >= 15 is 0 Å². The third kappa shape index (κ3) is 3.29. The molecule has 9 heteroatoms. The molecule has 1 aromatic heterocycles. The van der Waals surface area contributed by atoms with E-state index in [1.54, 1.807) is 0 Å². The van der Waals surface area contributed by atoms with Crippen LogP contribution in [0.2, 0.25) is 5.02 Å². The van der Waals surface area contributed by atoms with Gasteiger partial charge in [-0.25, -0.2) is 13.9 Å². The van der Waals surface area contributed by atoms with E-state index in [9.17, 15) is 14.0 Å². The van der Waals surface area contributed by atoms with E-state index in [1.165, 1.54) is 12.1 Å². The maximum absolute atomic E-state index is 13.2. The summed E-state index contributed by atoms with van der Waals surface area (Å²) >= 11 is 5.51. The first-order valence-corrected chi connectivity index (χ1v) is 5.72. The summed E-state index contributed by atoms with van der Waals surface area (Å²) in [6.45, 7) is -0.246. The Balaban J connectivity index is 2.01. The number of rotatable bonds is 4. The van der Waals surface area contributed by atoms with Crippen LogP contribution in [-0.2, 0) is 11.3 Å². The lowest BCUT2D eigenvalue weighted by atomic mass is 10.3. The first-order valence-electron chi connectivity index (χ1n) is 5.34. The van der Waals surface area contributed by atoms with Gasteiger partial charge in [0, 0.05) is 5.69 Å². The number of aromatic nitrogens is 3. The van der Waals surface area contributed by atoms with Crippen molar-refractivity contribution in [3.8, 4) is 0 Å². The van der Waals surface area contributed by atoms with Crippen LogP contribution in [0.15, 0.2) is 24.4 Å². The fraction of sp³-hybridized carbons (Fsp3) is 0.0909. The quantitative estimate of drug-likeness (QED) is 0.889. The minimum Gasteiger partial charge on any atom is -0.476 e. The van der Waals surface area contributed by atoms with Crippen LogP contribution >= 0.6 is 11.6 Å². The molecular formula is C11H8ClFN4O3. The van der Waals surface area contributed by atoms with Gasteiger partial charge in [0.25, 0.3) is 0 Å². The molecule has 20 heavy (non-hydrogen) atoms. The molecule has 1 amide bonds. The van der Waals surface area contributed by atoms with E-state index in [-0.39, 0.29) is 22.9 Å². The van der Waals surface area contributed by atoms with Gasteiger partial charge in [0.1, 0.15) is 12.4 Å². The summed E-state index contributed by atoms with van der Waals surface area (Å²) in [5, 5.41) is 17.9. The number of hydrogen-bond donors (Lipinski definition) is 2. The summed E-state index contributed by atoms with van der Waals surface area (Å²) in [4.78, 5) is 22.2. The van der Waals surface area contributed by atoms with Gasteiger partial charge in [0.2, 0.25) is 5.91 Å². The standard InChI is InChI=1S/C11H8ClFN4O3/c12-7-2-1-6(3-8(7)13)14-10(18)5-17-4-9(11(19)20)15-16-17/h1-4H,5H2,(H,14,18)(H,19,20). The Hall–Kier alpha value is -2.48. The van der Waals surface area contributed by atoms with Crippen LogP contribution in [0.5, 0.6) is 0 Å². The number of carbonyl (C=O) groups excluding carboxylic acids is 1. The zero-order chi connectivity index (χ0) is 14.7. The summed E-state index contributed by atoms with van der Waals surface area (Å²) in [7, 11) is 0. The Labute approximate surface area is 117 Å². The van der Waals surface area contributed by atoms with Gasteiger partial charge < -0.3 is 10.4 Å². The van der Waals surface area contributed by atoms with Gasteiger partial charge in [-0.2, -0.15) is 0 Å². The highest BCUT2D eigenvalue weighted by molar-refractivity contribution is 6.30. The van der Waals surface area contributed by atoms with Crippen molar-refractivity contribution in [3.63, 3.8) is 0 Å². The first kappa shape index (κ1) is 13.9. The average Bonchev–Trinajstić information content (AvgIpc) is 2.82. The minimum atomic E-state index is -1.24. The zero-order valence-electron chi connectivity index (χ0n) is 9.88. The van der Waals surface area contributed by atoms with E-state index < -0.39 is 17.7 Å². The Morgan fingerprint density at radius 1 is 1.45 bits per heavy atom. The van der Waals surface area contributed by atoms with Crippen LogP contribution in [0.1, 0.15) is 10.5 Å². The largest absolute Gasteiger partial charge is 0.476 e. The molecule has 0 saturated carbocycles. The van der Waals surface area contributed by atoms with Crippen LogP contribution in [0, 0.1) is 5.82 Å². The van der Waals surface area contributed by atoms with E-state index in [0.29, 0.717) is 0 Å². The van der Waals surface area contributed by atoms with E-state index in [2.05, 4.69) is 15.6 Å². The van der Waals surface area contributed by atoms with Gasteiger partial charge in [-0.05, 0) is 18.2 Å². The van der Waals surface area contributed by atoms with Crippen LogP contribution in [0.3, 0.4) is 0 Å². The third-order valence-corrected chi connectivity index (χ3v) is 2.57. The molecule has 1 aromatic carbocycles. The number of nitrogens with one attached hydrogen (secondary N) is 1. The van der Waals surface area contributed by atoms with Crippen LogP contribution < -0.4 is 5.32 Å². The predicted octanol–water partition coefficient (Wildman–Crippen LogP) is 1.41. The molecular weight excluding hydrogens is 291 g/mol. The van der Waals surface area contributed by atoms with Gasteiger partial charge in [0.05, 0.1) is 11.2 Å². The summed E-state index contributed by atoms with van der Waals surface area (Å²) in [5.41, 5.74) is -0.0363. The van der Waals surface area contributed by atoms with Gasteiger partial charge >= 0.3 is 5.97 Å². The average molecular weight is 299 g/mol. The SMILES string of the molecule is O=C(Cn1cc(C(=O)O)nn1)Nc1ccc(Cl)c(F)c1. The molecule has 1 heterocycles. The van der Waals surface area contributed by atoms with Crippen LogP contribution in [-0.4, -0.2) is 32.0 Å². The first-order chi connectivity index (χ1) is 9.45. The number of carboxylic acids is 1. The fourth-order valence-electron chi connectivity index (χ4n) is 1.40. The number of amides is 1. The van der Waals surface area contributed by atoms with Crippen molar-refractivity contribution in [2.75, 3.05) is 5.32 Å². The molecule has 0 unspecified atom stereocenters. The fourth-order valence-corrected chi connectivity index (χ4v) is 1.51. The van der Waals surface area contributed by atoms with Crippen molar-refractivity contribution in [1.29, 1.82) is 0 Å². The molecule has 2 N–H and O–H groups in total. The van der Waals surface area contributed by atoms with Gasteiger partial charge in [-0.1, -0.05) is 16.8 Å². The van der Waals surface area contributed by atoms with Crippen molar-refractivity contribution in [2.24, 2.45) is 0 Å². The van der Waals surface area contributed by atoms with E-state index in [4.69, 9.17) is 16.7 Å². The van der Waals surface area contributed by atoms with Gasteiger partial charge in [-0.15, -0.1) is 5.10 Å². The minimum absolute atomic E-state index is 0.0506. The molecule has 2 aromatic rings. The lowest BCUT2D eigenvalue weighted by molar-refractivity contribution is -0.116. The number of halogens is 2. The zero-order valence-corrected chi connectivity index (χ0v) is 10.6. The predicted molar refractivity (Wildman–Crippen MR) is 67.0 cm³/mol. The Morgan fingerprint density at radius 3 is 2.80 bits per heavy atom. The highest BCUT2D eigenvalue weighted by Crippen LogP contribution is 2.18. The Morgan fingerprint density at radius 2 is 2.20 bits per heavy atom. The van der Waals surface area contributed by atoms with E-state index in [1.807, 2.05) is 0 Å². The van der Waals surface area contributed by atoms with Crippen LogP contribution in [0.25, 0.3) is 0 Å². The summed E-state index contributed by atoms with van der Waals surface area (Å²) in [5.74, 6) is -2.40. The number of carbonyl (C=O) groups is 2. The Kier molecular flexibility index (Phi) is 3.94. The number of anilines is 1. The molecule has 2 rings (SSSR count). The molecule has 0 bridgehead atoms. The topological polar surface area (TPSA) is 97.1 Å². The second-order valence-corrected chi connectivity index (χ2v) is 4.19. The highest BCUT2D eigenvalue weighted by atomic mass is 35.5. The molecule has 0 atom stereocenters. The van der Waals surface area contributed by atoms with Crippen molar-refractivity contribution in [3.05, 3.63) is 40.9 Å². The monoisotopic (exact) mass is 298 g/mol. The van der Waals surface area contributed by atoms with Crippen molar-refractivity contribution < 1.29 is 19.1 Å². The molecule has 104 valence electrons. The highest BCUT2D eigenvalue weighted by Gasteiger charge is 2.11. The molecule has 0 aliphatic heterocycles. The number of aromatic carboxylic acids is 1. The molecule has 0 aliphatic carbocycles. The smallest absolute Gasteiger partial charge is 0.358 e.